The topological polar surface area (TPSA) is 33.7 Å². The lowest BCUT2D eigenvalue weighted by molar-refractivity contribution is -0.000193. The van der Waals surface area contributed by atoms with Crippen LogP contribution in [-0.2, 0) is 4.74 Å². The molecule has 1 unspecified atom stereocenters. The van der Waals surface area contributed by atoms with E-state index in [-0.39, 0.29) is 0 Å². The number of halogens is 1. The van der Waals surface area contributed by atoms with Gasteiger partial charge in [0.25, 0.3) is 0 Å². The lowest BCUT2D eigenvalue weighted by Crippen LogP contribution is -2.48. The maximum absolute atomic E-state index is 5.69. The van der Waals surface area contributed by atoms with E-state index < -0.39 is 0 Å². The van der Waals surface area contributed by atoms with Gasteiger partial charge < -0.3 is 9.47 Å². The molecule has 4 nitrogen and oxygen atoms in total. The summed E-state index contributed by atoms with van der Waals surface area (Å²) in [6.45, 7) is 4.28. The fourth-order valence-corrected chi connectivity index (χ4v) is 2.79. The van der Waals surface area contributed by atoms with Gasteiger partial charge >= 0.3 is 0 Å². The Morgan fingerprint density at radius 2 is 2.06 bits per heavy atom. The van der Waals surface area contributed by atoms with Gasteiger partial charge in [-0.15, -0.1) is 0 Å². The highest BCUT2D eigenvalue weighted by Gasteiger charge is 2.24. The maximum atomic E-state index is 5.69. The van der Waals surface area contributed by atoms with Crippen LogP contribution >= 0.6 is 15.9 Å². The summed E-state index contributed by atoms with van der Waals surface area (Å²) in [6.07, 6.45) is 1.00. The predicted molar refractivity (Wildman–Crippen MR) is 72.5 cm³/mol. The van der Waals surface area contributed by atoms with Crippen molar-refractivity contribution in [2.24, 2.45) is 0 Å². The number of nitrogens with zero attached hydrogens (tertiary/aromatic N) is 1. The highest BCUT2D eigenvalue weighted by Crippen LogP contribution is 2.34. The number of morpholine rings is 1. The first-order chi connectivity index (χ1) is 8.83. The number of hydrogen-bond acceptors (Lipinski definition) is 4. The van der Waals surface area contributed by atoms with Crippen LogP contribution in [0.3, 0.4) is 0 Å². The molecule has 0 aromatic heterocycles. The molecular formula is C13H17BrN2O2. The molecule has 0 amide bonds. The van der Waals surface area contributed by atoms with Crippen LogP contribution in [0.1, 0.15) is 18.0 Å². The second-order valence-electron chi connectivity index (χ2n) is 4.60. The molecule has 0 spiro atoms. The van der Waals surface area contributed by atoms with E-state index in [4.69, 9.17) is 9.47 Å². The number of benzene rings is 1. The van der Waals surface area contributed by atoms with E-state index in [1.807, 2.05) is 12.1 Å². The summed E-state index contributed by atoms with van der Waals surface area (Å²) in [5.41, 5.74) is 4.83. The van der Waals surface area contributed by atoms with Gasteiger partial charge in [-0.3, -0.25) is 0 Å². The number of hydrazine groups is 1. The molecule has 1 saturated heterocycles. The second kappa shape index (κ2) is 5.57. The third kappa shape index (κ3) is 2.69. The van der Waals surface area contributed by atoms with Gasteiger partial charge in [-0.1, -0.05) is 15.9 Å². The predicted octanol–water partition coefficient (Wildman–Crippen LogP) is 2.11. The highest BCUT2D eigenvalue weighted by molar-refractivity contribution is 9.10. The Hall–Kier alpha value is -0.620. The second-order valence-corrected chi connectivity index (χ2v) is 5.52. The molecule has 0 radical (unpaired) electrons. The first-order valence-corrected chi connectivity index (χ1v) is 7.13. The quantitative estimate of drug-likeness (QED) is 0.907. The molecule has 1 N–H and O–H groups in total. The number of ether oxygens (including phenoxy) is 2. The van der Waals surface area contributed by atoms with Crippen molar-refractivity contribution in [3.05, 3.63) is 28.2 Å². The van der Waals surface area contributed by atoms with Crippen LogP contribution in [0.5, 0.6) is 5.75 Å². The summed E-state index contributed by atoms with van der Waals surface area (Å²) in [5, 5.41) is 2.25. The molecule has 1 aromatic carbocycles. The van der Waals surface area contributed by atoms with Gasteiger partial charge in [0.1, 0.15) is 5.75 Å². The molecule has 1 fully saturated rings. The molecule has 0 saturated carbocycles. The van der Waals surface area contributed by atoms with Gasteiger partial charge in [-0.2, -0.15) is 0 Å². The van der Waals surface area contributed by atoms with Crippen molar-refractivity contribution in [3.63, 3.8) is 0 Å². The minimum atomic E-state index is 0.337. The van der Waals surface area contributed by atoms with Crippen LogP contribution in [0.25, 0.3) is 0 Å². The Bertz CT molecular complexity index is 421. The minimum absolute atomic E-state index is 0.337. The van der Waals surface area contributed by atoms with Crippen LogP contribution in [-0.4, -0.2) is 37.9 Å². The summed E-state index contributed by atoms with van der Waals surface area (Å²) in [5.74, 6) is 0.996. The maximum Gasteiger partial charge on any atom is 0.124 e. The minimum Gasteiger partial charge on any atom is -0.493 e. The summed E-state index contributed by atoms with van der Waals surface area (Å²) in [4.78, 5) is 0. The molecule has 0 bridgehead atoms. The van der Waals surface area contributed by atoms with E-state index in [0.717, 1.165) is 49.6 Å². The van der Waals surface area contributed by atoms with Crippen molar-refractivity contribution in [3.8, 4) is 5.75 Å². The van der Waals surface area contributed by atoms with E-state index in [1.165, 1.54) is 5.56 Å². The summed E-state index contributed by atoms with van der Waals surface area (Å²) < 4.78 is 12.2. The van der Waals surface area contributed by atoms with Gasteiger partial charge in [0.15, 0.2) is 0 Å². The van der Waals surface area contributed by atoms with Crippen molar-refractivity contribution in [2.45, 2.75) is 12.5 Å². The molecule has 1 aromatic rings. The normalized spacial score (nSPS) is 24.4. The SMILES string of the molecule is Brc1ccc2c(c1)C(NN1CCOCC1)CCO2. The molecule has 3 rings (SSSR count). The zero-order valence-electron chi connectivity index (χ0n) is 10.2. The first kappa shape index (κ1) is 12.4. The van der Waals surface area contributed by atoms with Crippen molar-refractivity contribution in [1.29, 1.82) is 0 Å². The number of hydrogen-bond donors (Lipinski definition) is 1. The third-order valence-electron chi connectivity index (χ3n) is 3.36. The smallest absolute Gasteiger partial charge is 0.124 e. The fraction of sp³-hybridized carbons (Fsp3) is 0.538. The first-order valence-electron chi connectivity index (χ1n) is 6.34. The molecule has 98 valence electrons. The Labute approximate surface area is 115 Å². The largest absolute Gasteiger partial charge is 0.493 e. The zero-order chi connectivity index (χ0) is 12.4. The van der Waals surface area contributed by atoms with Crippen molar-refractivity contribution < 1.29 is 9.47 Å². The molecule has 2 aliphatic heterocycles. The van der Waals surface area contributed by atoms with Gasteiger partial charge in [-0.05, 0) is 18.2 Å². The van der Waals surface area contributed by atoms with Gasteiger partial charge in [-0.25, -0.2) is 10.4 Å². The summed E-state index contributed by atoms with van der Waals surface area (Å²) >= 11 is 3.53. The molecule has 18 heavy (non-hydrogen) atoms. The van der Waals surface area contributed by atoms with E-state index in [2.05, 4.69) is 32.4 Å². The van der Waals surface area contributed by atoms with Crippen LogP contribution < -0.4 is 10.2 Å². The number of rotatable bonds is 2. The molecule has 2 aliphatic rings. The number of fused-ring (bicyclic) bond motifs is 1. The van der Waals surface area contributed by atoms with Crippen molar-refractivity contribution >= 4 is 15.9 Å². The van der Waals surface area contributed by atoms with Crippen molar-refractivity contribution in [1.82, 2.24) is 10.4 Å². The zero-order valence-corrected chi connectivity index (χ0v) is 11.8. The van der Waals surface area contributed by atoms with E-state index in [9.17, 15) is 0 Å². The summed E-state index contributed by atoms with van der Waals surface area (Å²) in [6, 6.07) is 6.54. The lowest BCUT2D eigenvalue weighted by Gasteiger charge is -2.34. The third-order valence-corrected chi connectivity index (χ3v) is 3.85. The molecular weight excluding hydrogens is 296 g/mol. The number of nitrogens with one attached hydrogen (secondary N) is 1. The molecule has 1 atom stereocenters. The molecule has 2 heterocycles. The molecule has 0 aliphatic carbocycles. The summed E-state index contributed by atoms with van der Waals surface area (Å²) in [7, 11) is 0. The Morgan fingerprint density at radius 1 is 1.22 bits per heavy atom. The van der Waals surface area contributed by atoms with Crippen LogP contribution in [0, 0.1) is 0 Å². The standard InChI is InChI=1S/C13H17BrN2O2/c14-10-1-2-13-11(9-10)12(3-6-18-13)15-16-4-7-17-8-5-16/h1-2,9,12,15H,3-8H2. The fourth-order valence-electron chi connectivity index (χ4n) is 2.41. The van der Waals surface area contributed by atoms with E-state index in [1.54, 1.807) is 0 Å². The van der Waals surface area contributed by atoms with E-state index in [0.29, 0.717) is 6.04 Å². The Kier molecular flexibility index (Phi) is 3.84. The highest BCUT2D eigenvalue weighted by atomic mass is 79.9. The average molecular weight is 313 g/mol. The van der Waals surface area contributed by atoms with Crippen LogP contribution in [0.4, 0.5) is 0 Å². The van der Waals surface area contributed by atoms with Crippen LogP contribution in [0.15, 0.2) is 22.7 Å². The average Bonchev–Trinajstić information content (AvgIpc) is 2.41. The van der Waals surface area contributed by atoms with Gasteiger partial charge in [0, 0.05) is 29.5 Å². The Morgan fingerprint density at radius 3 is 2.89 bits per heavy atom. The van der Waals surface area contributed by atoms with Gasteiger partial charge in [0.2, 0.25) is 0 Å². The lowest BCUT2D eigenvalue weighted by atomic mass is 10.0. The Balaban J connectivity index is 1.75. The van der Waals surface area contributed by atoms with Gasteiger partial charge in [0.05, 0.1) is 25.9 Å². The monoisotopic (exact) mass is 312 g/mol. The van der Waals surface area contributed by atoms with E-state index >= 15 is 0 Å². The molecule has 5 heteroatoms. The van der Waals surface area contributed by atoms with Crippen LogP contribution in [0.2, 0.25) is 0 Å². The van der Waals surface area contributed by atoms with Crippen molar-refractivity contribution in [2.75, 3.05) is 32.9 Å².